The van der Waals surface area contributed by atoms with Crippen LogP contribution in [-0.4, -0.2) is 4.57 Å². The number of hydrogen-bond donors (Lipinski definition) is 0. The molecule has 13 aromatic carbocycles. The van der Waals surface area contributed by atoms with Gasteiger partial charge in [0.25, 0.3) is 0 Å². The van der Waals surface area contributed by atoms with E-state index >= 15 is 0 Å². The Kier molecular flexibility index (Phi) is 8.83. The molecule has 0 fully saturated rings. The molecule has 2 nitrogen and oxygen atoms in total. The van der Waals surface area contributed by atoms with Gasteiger partial charge in [-0.1, -0.05) is 249 Å². The number of anilines is 3. The fourth-order valence-electron chi connectivity index (χ4n) is 15.6. The summed E-state index contributed by atoms with van der Waals surface area (Å²) in [5.74, 6) is 0. The lowest BCUT2D eigenvalue weighted by Gasteiger charge is -2.40. The van der Waals surface area contributed by atoms with E-state index in [1.54, 1.807) is 0 Å². The summed E-state index contributed by atoms with van der Waals surface area (Å²) in [6, 6.07) is 110. The lowest BCUT2D eigenvalue weighted by molar-refractivity contribution is 0.748. The summed E-state index contributed by atoms with van der Waals surface area (Å²) >= 11 is 0. The van der Waals surface area contributed by atoms with Crippen LogP contribution in [0.1, 0.15) is 44.5 Å². The van der Waals surface area contributed by atoms with Gasteiger partial charge in [0.1, 0.15) is 0 Å². The minimum atomic E-state index is -0.629. The van der Waals surface area contributed by atoms with E-state index in [2.05, 4.69) is 301 Å². The van der Waals surface area contributed by atoms with Crippen molar-refractivity contribution in [3.8, 4) is 61.3 Å². The van der Waals surface area contributed by atoms with Crippen molar-refractivity contribution in [2.24, 2.45) is 0 Å². The van der Waals surface area contributed by atoms with Crippen LogP contribution in [-0.2, 0) is 10.8 Å². The van der Waals surface area contributed by atoms with Crippen molar-refractivity contribution < 1.29 is 0 Å². The van der Waals surface area contributed by atoms with Crippen LogP contribution in [0.15, 0.2) is 291 Å². The number of fused-ring (bicyclic) bond motifs is 23. The van der Waals surface area contributed by atoms with Gasteiger partial charge in [-0.15, -0.1) is 0 Å². The third-order valence-electron chi connectivity index (χ3n) is 18.6. The Morgan fingerprint density at radius 1 is 0.250 bits per heavy atom. The van der Waals surface area contributed by atoms with Gasteiger partial charge < -0.3 is 9.47 Å². The summed E-state index contributed by atoms with van der Waals surface area (Å²) in [4.78, 5) is 2.59. The van der Waals surface area contributed by atoms with Crippen LogP contribution in [0.4, 0.5) is 17.1 Å². The molecule has 3 aliphatic carbocycles. The van der Waals surface area contributed by atoms with E-state index in [-0.39, 0.29) is 0 Å². The van der Waals surface area contributed by atoms with Crippen molar-refractivity contribution in [3.63, 3.8) is 0 Å². The molecule has 0 bridgehead atoms. The summed E-state index contributed by atoms with van der Waals surface area (Å²) in [5.41, 5.74) is 28.8. The molecule has 1 atom stereocenters. The van der Waals surface area contributed by atoms with Gasteiger partial charge in [-0.05, 0) is 148 Å². The number of benzene rings is 13. The van der Waals surface area contributed by atoms with Gasteiger partial charge in [-0.3, -0.25) is 0 Å². The van der Waals surface area contributed by atoms with Crippen molar-refractivity contribution in [2.75, 3.05) is 4.90 Å². The smallest absolute Gasteiger partial charge is 0.0755 e. The Bertz CT molecular complexity index is 4920. The van der Waals surface area contributed by atoms with E-state index in [4.69, 9.17) is 0 Å². The predicted molar refractivity (Wildman–Crippen MR) is 331 cm³/mol. The van der Waals surface area contributed by atoms with E-state index < -0.39 is 10.8 Å². The van der Waals surface area contributed by atoms with Crippen LogP contribution < -0.4 is 4.90 Å². The molecule has 370 valence electrons. The van der Waals surface area contributed by atoms with Gasteiger partial charge in [-0.2, -0.15) is 0 Å². The van der Waals surface area contributed by atoms with E-state index in [0.717, 1.165) is 22.6 Å². The van der Waals surface area contributed by atoms with Crippen molar-refractivity contribution in [2.45, 2.75) is 10.8 Å². The van der Waals surface area contributed by atoms with E-state index in [1.807, 2.05) is 0 Å². The summed E-state index contributed by atoms with van der Waals surface area (Å²) in [6.07, 6.45) is 0. The number of rotatable bonds is 5. The SMILES string of the molecule is c1ccc(-c2cccc3ccccc23)c(-c2ccccc2N(c2ccc3c(c2)C2(c4ccccc4-c4ccccc42)c2ccccc2-3)c2ccc3c(c2)C2(c4ccccc4-3)c3ccccc3-n3c4ccccc4c4cccc2c43)c1. The first-order chi connectivity index (χ1) is 39.7. The highest BCUT2D eigenvalue weighted by molar-refractivity contribution is 6.13. The van der Waals surface area contributed by atoms with Gasteiger partial charge >= 0.3 is 0 Å². The van der Waals surface area contributed by atoms with Crippen LogP contribution in [0.5, 0.6) is 0 Å². The van der Waals surface area contributed by atoms with E-state index in [1.165, 1.54) is 133 Å². The number of hydrogen-bond acceptors (Lipinski definition) is 1. The van der Waals surface area contributed by atoms with Crippen molar-refractivity contribution >= 4 is 49.6 Å². The van der Waals surface area contributed by atoms with Crippen LogP contribution in [0.25, 0.3) is 93.9 Å². The van der Waals surface area contributed by atoms with Crippen molar-refractivity contribution in [3.05, 3.63) is 336 Å². The average molecular weight is 1010 g/mol. The lowest BCUT2D eigenvalue weighted by atomic mass is 9.65. The molecular weight excluding hydrogens is 965 g/mol. The summed E-state index contributed by atoms with van der Waals surface area (Å²) in [7, 11) is 0. The first kappa shape index (κ1) is 43.8. The second-order valence-corrected chi connectivity index (χ2v) is 22.1. The standard InChI is InChI=1S/C78H48N2/c1-2-23-52-49(21-1)22-19-32-53(52)54-24-3-4-25-55(54)62-30-9-16-40-73(62)79(50-43-45-60-58-28-7-13-36-67(58)77(71(60)47-50)65-34-11-5-26-56(65)57-27-6-12-35-66(57)77)51-44-46-61-59-29-8-14-37-68(59)78(72(61)48-51)69-38-15-18-42-75(69)80-74-41-17-10-31-63(74)64-33-20-39-70(78)76(64)80/h1-48H. The number of nitrogens with zero attached hydrogens (tertiary/aromatic N) is 2. The number of para-hydroxylation sites is 4. The molecule has 1 aliphatic heterocycles. The molecule has 80 heavy (non-hydrogen) atoms. The molecule has 0 radical (unpaired) electrons. The first-order valence-electron chi connectivity index (χ1n) is 28.0. The topological polar surface area (TPSA) is 8.17 Å². The molecule has 0 amide bonds. The largest absolute Gasteiger partial charge is 0.310 e. The molecule has 2 heteroatoms. The summed E-state index contributed by atoms with van der Waals surface area (Å²) in [6.45, 7) is 0. The lowest BCUT2D eigenvalue weighted by Crippen LogP contribution is -2.33. The Morgan fingerprint density at radius 2 is 0.650 bits per heavy atom. The highest BCUT2D eigenvalue weighted by Crippen LogP contribution is 2.65. The van der Waals surface area contributed by atoms with Gasteiger partial charge in [0.05, 0.1) is 33.2 Å². The predicted octanol–water partition coefficient (Wildman–Crippen LogP) is 19.8. The molecule has 0 N–H and O–H groups in total. The minimum absolute atomic E-state index is 0.520. The molecule has 2 spiro atoms. The van der Waals surface area contributed by atoms with Crippen LogP contribution >= 0.6 is 0 Å². The maximum atomic E-state index is 2.59. The van der Waals surface area contributed by atoms with Gasteiger partial charge in [0.2, 0.25) is 0 Å². The highest BCUT2D eigenvalue weighted by atomic mass is 15.1. The normalized spacial score (nSPS) is 15.2. The maximum Gasteiger partial charge on any atom is 0.0755 e. The first-order valence-corrected chi connectivity index (χ1v) is 28.0. The quantitative estimate of drug-likeness (QED) is 0.167. The fraction of sp³-hybridized carbons (Fsp3) is 0.0256. The van der Waals surface area contributed by atoms with Crippen molar-refractivity contribution in [1.29, 1.82) is 0 Å². The van der Waals surface area contributed by atoms with Crippen LogP contribution in [0.3, 0.4) is 0 Å². The maximum absolute atomic E-state index is 2.59. The zero-order chi connectivity index (χ0) is 52.3. The Balaban J connectivity index is 0.941. The van der Waals surface area contributed by atoms with Crippen molar-refractivity contribution in [1.82, 2.24) is 4.57 Å². The molecule has 0 saturated heterocycles. The molecule has 0 saturated carbocycles. The molecule has 2 heterocycles. The monoisotopic (exact) mass is 1010 g/mol. The molecule has 1 unspecified atom stereocenters. The summed E-state index contributed by atoms with van der Waals surface area (Å²) in [5, 5.41) is 5.01. The average Bonchev–Trinajstić information content (AvgIpc) is 4.41. The second-order valence-electron chi connectivity index (χ2n) is 22.1. The Labute approximate surface area is 464 Å². The summed E-state index contributed by atoms with van der Waals surface area (Å²) < 4.78 is 2.54. The molecule has 18 rings (SSSR count). The van der Waals surface area contributed by atoms with Crippen LogP contribution in [0, 0.1) is 0 Å². The second kappa shape index (κ2) is 16.1. The highest BCUT2D eigenvalue weighted by Gasteiger charge is 2.53. The van der Waals surface area contributed by atoms with Crippen LogP contribution in [0.2, 0.25) is 0 Å². The molecule has 4 aliphatic rings. The zero-order valence-corrected chi connectivity index (χ0v) is 43.6. The zero-order valence-electron chi connectivity index (χ0n) is 43.6. The third-order valence-corrected chi connectivity index (χ3v) is 18.6. The molecule has 14 aromatic rings. The van der Waals surface area contributed by atoms with Gasteiger partial charge in [0.15, 0.2) is 0 Å². The van der Waals surface area contributed by atoms with Gasteiger partial charge in [-0.25, -0.2) is 0 Å². The number of aromatic nitrogens is 1. The van der Waals surface area contributed by atoms with E-state index in [0.29, 0.717) is 0 Å². The third kappa shape index (κ3) is 5.47. The van der Waals surface area contributed by atoms with E-state index in [9.17, 15) is 0 Å². The van der Waals surface area contributed by atoms with Gasteiger partial charge in [0, 0.05) is 27.7 Å². The minimum Gasteiger partial charge on any atom is -0.310 e. The fourth-order valence-corrected chi connectivity index (χ4v) is 15.6. The molecule has 1 aromatic heterocycles. The Hall–Kier alpha value is -10.3. The molecular formula is C78H48N2. The Morgan fingerprint density at radius 3 is 1.27 bits per heavy atom.